The van der Waals surface area contributed by atoms with Crippen molar-refractivity contribution in [3.8, 4) is 5.75 Å². The van der Waals surface area contributed by atoms with E-state index in [9.17, 15) is 14.7 Å². The number of unbranched alkanes of at least 4 members (excludes halogenated alkanes) is 1. The molecule has 1 aromatic heterocycles. The second-order valence-corrected chi connectivity index (χ2v) is 9.65. The summed E-state index contributed by atoms with van der Waals surface area (Å²) in [6, 6.07) is 23.9. The van der Waals surface area contributed by atoms with Crippen LogP contribution in [0.2, 0.25) is 0 Å². The number of carboxylic acids is 2. The molecule has 0 aliphatic heterocycles. The average molecular weight is 542 g/mol. The van der Waals surface area contributed by atoms with Crippen LogP contribution in [0.5, 0.6) is 5.75 Å². The number of carboxylic acid groups (broad SMARTS) is 2. The molecule has 0 spiro atoms. The number of carbonyl (C=O) groups is 2. The summed E-state index contributed by atoms with van der Waals surface area (Å²) in [5, 5.41) is 19.3. The number of aromatic nitrogens is 1. The first-order valence-corrected chi connectivity index (χ1v) is 13.6. The summed E-state index contributed by atoms with van der Waals surface area (Å²) in [7, 11) is 0. The summed E-state index contributed by atoms with van der Waals surface area (Å²) in [6.07, 6.45) is 8.10. The highest BCUT2D eigenvalue weighted by atomic mass is 16.5. The molecule has 0 fully saturated rings. The van der Waals surface area contributed by atoms with Crippen molar-refractivity contribution in [1.82, 2.24) is 4.57 Å². The molecular weight excluding hydrogens is 506 g/mol. The molecule has 0 saturated heterocycles. The van der Waals surface area contributed by atoms with Crippen LogP contribution >= 0.6 is 0 Å². The molecule has 3 aromatic carbocycles. The molecule has 7 nitrogen and oxygen atoms in total. The van der Waals surface area contributed by atoms with Gasteiger partial charge >= 0.3 is 11.9 Å². The SMILES string of the molecule is O=C(O)CCCn1cc(CC(=O)O)c2c(/C=C/c3ccc(OCCCCOCc4ccccc4)cc3)cccc21. The number of hydrogen-bond acceptors (Lipinski definition) is 4. The molecule has 0 radical (unpaired) electrons. The zero-order valence-electron chi connectivity index (χ0n) is 22.5. The van der Waals surface area contributed by atoms with E-state index in [0.29, 0.717) is 38.3 Å². The second-order valence-electron chi connectivity index (χ2n) is 9.65. The molecule has 2 N–H and O–H groups in total. The first-order valence-electron chi connectivity index (χ1n) is 13.6. The van der Waals surface area contributed by atoms with Crippen molar-refractivity contribution >= 4 is 35.0 Å². The highest BCUT2D eigenvalue weighted by Crippen LogP contribution is 2.28. The van der Waals surface area contributed by atoms with E-state index < -0.39 is 11.9 Å². The molecule has 4 rings (SSSR count). The van der Waals surface area contributed by atoms with E-state index in [4.69, 9.17) is 14.6 Å². The molecule has 40 heavy (non-hydrogen) atoms. The van der Waals surface area contributed by atoms with Gasteiger partial charge in [-0.3, -0.25) is 9.59 Å². The monoisotopic (exact) mass is 541 g/mol. The third kappa shape index (κ3) is 8.58. The Morgan fingerprint density at radius 2 is 1.57 bits per heavy atom. The third-order valence-electron chi connectivity index (χ3n) is 6.55. The molecule has 0 unspecified atom stereocenters. The fourth-order valence-electron chi connectivity index (χ4n) is 4.61. The Kier molecular flexibility index (Phi) is 10.5. The van der Waals surface area contributed by atoms with Crippen LogP contribution < -0.4 is 4.74 Å². The van der Waals surface area contributed by atoms with E-state index in [1.807, 2.05) is 83.6 Å². The van der Waals surface area contributed by atoms with E-state index >= 15 is 0 Å². The number of aryl methyl sites for hydroxylation is 1. The summed E-state index contributed by atoms with van der Waals surface area (Å²) >= 11 is 0. The van der Waals surface area contributed by atoms with E-state index in [1.165, 1.54) is 5.56 Å². The van der Waals surface area contributed by atoms with Crippen LogP contribution in [0.25, 0.3) is 23.1 Å². The van der Waals surface area contributed by atoms with Gasteiger partial charge < -0.3 is 24.3 Å². The standard InChI is InChI=1S/C33H35NO6/c35-31(36)12-7-19-34-23-28(22-32(37)38)33-27(10-6-11-30(33)34)16-13-25-14-17-29(18-15-25)40-21-5-4-20-39-24-26-8-2-1-3-9-26/h1-3,6,8-11,13-18,23H,4-5,7,12,19-22,24H2,(H,35,36)(H,37,38)/b16-13+. The highest BCUT2D eigenvalue weighted by Gasteiger charge is 2.14. The van der Waals surface area contributed by atoms with Crippen molar-refractivity contribution < 1.29 is 29.3 Å². The molecule has 208 valence electrons. The van der Waals surface area contributed by atoms with E-state index in [0.717, 1.165) is 40.6 Å². The molecule has 0 aliphatic carbocycles. The van der Waals surface area contributed by atoms with Gasteiger partial charge in [-0.2, -0.15) is 0 Å². The van der Waals surface area contributed by atoms with Crippen LogP contribution in [-0.4, -0.2) is 39.9 Å². The zero-order valence-corrected chi connectivity index (χ0v) is 22.5. The third-order valence-corrected chi connectivity index (χ3v) is 6.55. The van der Waals surface area contributed by atoms with Gasteiger partial charge in [-0.05, 0) is 59.7 Å². The van der Waals surface area contributed by atoms with Gasteiger partial charge in [0.25, 0.3) is 0 Å². The lowest BCUT2D eigenvalue weighted by Gasteiger charge is -2.07. The Balaban J connectivity index is 1.32. The largest absolute Gasteiger partial charge is 0.494 e. The lowest BCUT2D eigenvalue weighted by molar-refractivity contribution is -0.137. The molecule has 1 heterocycles. The average Bonchev–Trinajstić information content (AvgIpc) is 3.29. The fraction of sp³-hybridized carbons (Fsp3) is 0.273. The number of benzene rings is 3. The number of fused-ring (bicyclic) bond motifs is 1. The minimum Gasteiger partial charge on any atom is -0.494 e. The van der Waals surface area contributed by atoms with Crippen LogP contribution in [0, 0.1) is 0 Å². The predicted molar refractivity (Wildman–Crippen MR) is 156 cm³/mol. The van der Waals surface area contributed by atoms with Crippen molar-refractivity contribution in [2.24, 2.45) is 0 Å². The van der Waals surface area contributed by atoms with Crippen molar-refractivity contribution in [1.29, 1.82) is 0 Å². The second kappa shape index (κ2) is 14.7. The van der Waals surface area contributed by atoms with Crippen LogP contribution in [-0.2, 0) is 33.9 Å². The first kappa shape index (κ1) is 28.6. The molecule has 0 aliphatic rings. The maximum Gasteiger partial charge on any atom is 0.307 e. The smallest absolute Gasteiger partial charge is 0.307 e. The van der Waals surface area contributed by atoms with Gasteiger partial charge in [-0.1, -0.05) is 66.7 Å². The molecule has 0 bridgehead atoms. The summed E-state index contributed by atoms with van der Waals surface area (Å²) < 4.78 is 13.5. The quantitative estimate of drug-likeness (QED) is 0.121. The van der Waals surface area contributed by atoms with Crippen molar-refractivity contribution in [3.05, 3.63) is 101 Å². The van der Waals surface area contributed by atoms with Gasteiger partial charge in [0.05, 0.1) is 19.6 Å². The van der Waals surface area contributed by atoms with Gasteiger partial charge in [0.2, 0.25) is 0 Å². The minimum atomic E-state index is -0.904. The Labute approximate surface area is 234 Å². The lowest BCUT2D eigenvalue weighted by Crippen LogP contribution is -2.01. The summed E-state index contributed by atoms with van der Waals surface area (Å²) in [6.45, 7) is 2.47. The van der Waals surface area contributed by atoms with Crippen molar-refractivity contribution in [3.63, 3.8) is 0 Å². The predicted octanol–water partition coefficient (Wildman–Crippen LogP) is 6.68. The summed E-state index contributed by atoms with van der Waals surface area (Å²) in [5.74, 6) is -0.934. The normalized spacial score (nSPS) is 11.3. The first-order chi connectivity index (χ1) is 19.5. The minimum absolute atomic E-state index is 0.0659. The zero-order chi connectivity index (χ0) is 28.2. The summed E-state index contributed by atoms with van der Waals surface area (Å²) in [5.41, 5.74) is 4.71. The molecule has 0 atom stereocenters. The van der Waals surface area contributed by atoms with Crippen molar-refractivity contribution in [2.75, 3.05) is 13.2 Å². The molecular formula is C33H35NO6. The van der Waals surface area contributed by atoms with E-state index in [-0.39, 0.29) is 12.8 Å². The lowest BCUT2D eigenvalue weighted by atomic mass is 10.0. The highest BCUT2D eigenvalue weighted by molar-refractivity contribution is 5.96. The Bertz CT molecular complexity index is 1420. The maximum absolute atomic E-state index is 11.5. The Morgan fingerprint density at radius 3 is 2.33 bits per heavy atom. The van der Waals surface area contributed by atoms with Crippen molar-refractivity contribution in [2.45, 2.75) is 45.3 Å². The number of aliphatic carboxylic acids is 2. The maximum atomic E-state index is 11.5. The van der Waals surface area contributed by atoms with Crippen LogP contribution in [0.15, 0.2) is 79.0 Å². The number of hydrogen-bond donors (Lipinski definition) is 2. The Morgan fingerprint density at radius 1 is 0.800 bits per heavy atom. The van der Waals surface area contributed by atoms with Gasteiger partial charge in [-0.25, -0.2) is 0 Å². The molecule has 4 aromatic rings. The number of rotatable bonds is 16. The summed E-state index contributed by atoms with van der Waals surface area (Å²) in [4.78, 5) is 22.5. The van der Waals surface area contributed by atoms with E-state index in [1.54, 1.807) is 0 Å². The number of nitrogens with zero attached hydrogens (tertiary/aromatic N) is 1. The molecule has 7 heteroatoms. The van der Waals surface area contributed by atoms with Gasteiger partial charge in [0, 0.05) is 36.7 Å². The van der Waals surface area contributed by atoms with Gasteiger partial charge in [0.1, 0.15) is 5.75 Å². The van der Waals surface area contributed by atoms with Crippen LogP contribution in [0.1, 0.15) is 47.9 Å². The number of ether oxygens (including phenoxy) is 2. The molecule has 0 saturated carbocycles. The topological polar surface area (TPSA) is 98.0 Å². The fourth-order valence-corrected chi connectivity index (χ4v) is 4.61. The van der Waals surface area contributed by atoms with E-state index in [2.05, 4.69) is 12.1 Å². The Hall–Kier alpha value is -4.36. The van der Waals surface area contributed by atoms with Gasteiger partial charge in [-0.15, -0.1) is 0 Å². The van der Waals surface area contributed by atoms with Crippen LogP contribution in [0.3, 0.4) is 0 Å². The van der Waals surface area contributed by atoms with Crippen LogP contribution in [0.4, 0.5) is 0 Å². The molecule has 0 amide bonds. The van der Waals surface area contributed by atoms with Gasteiger partial charge in [0.15, 0.2) is 0 Å².